The number of esters is 1. The number of anilines is 2. The Kier molecular flexibility index (Phi) is 6.79. The summed E-state index contributed by atoms with van der Waals surface area (Å²) in [4.78, 5) is 24.5. The first-order valence-electron chi connectivity index (χ1n) is 10.1. The number of amides is 1. The lowest BCUT2D eigenvalue weighted by molar-refractivity contribution is -0.119. The smallest absolute Gasteiger partial charge is 0.338 e. The minimum absolute atomic E-state index is 0.0862. The van der Waals surface area contributed by atoms with Crippen LogP contribution in [0.25, 0.3) is 6.08 Å². The first-order chi connectivity index (χ1) is 16.4. The van der Waals surface area contributed by atoms with Crippen molar-refractivity contribution in [2.45, 2.75) is 0 Å². The van der Waals surface area contributed by atoms with Gasteiger partial charge in [-0.3, -0.25) is 9.52 Å². The Morgan fingerprint density at radius 3 is 2.53 bits per heavy atom. The summed E-state index contributed by atoms with van der Waals surface area (Å²) in [5, 5.41) is 3.63. The maximum absolute atomic E-state index is 12.4. The molecule has 174 valence electrons. The molecule has 9 nitrogen and oxygen atoms in total. The molecule has 0 aliphatic carbocycles. The van der Waals surface area contributed by atoms with Crippen molar-refractivity contribution >= 4 is 39.4 Å². The van der Waals surface area contributed by atoms with Gasteiger partial charge in [-0.05, 0) is 42.0 Å². The quantitative estimate of drug-likeness (QED) is 0.473. The minimum Gasteiger partial charge on any atom is -0.454 e. The van der Waals surface area contributed by atoms with E-state index >= 15 is 0 Å². The van der Waals surface area contributed by atoms with Crippen molar-refractivity contribution in [1.29, 1.82) is 0 Å². The second kappa shape index (κ2) is 10.1. The van der Waals surface area contributed by atoms with Crippen molar-refractivity contribution in [2.24, 2.45) is 0 Å². The molecule has 0 aromatic heterocycles. The summed E-state index contributed by atoms with van der Waals surface area (Å²) >= 11 is 0. The van der Waals surface area contributed by atoms with E-state index in [-0.39, 0.29) is 18.0 Å². The van der Waals surface area contributed by atoms with Crippen molar-refractivity contribution in [3.63, 3.8) is 0 Å². The van der Waals surface area contributed by atoms with Crippen molar-refractivity contribution in [3.8, 4) is 11.5 Å². The molecule has 3 aromatic carbocycles. The normalized spacial score (nSPS) is 12.4. The van der Waals surface area contributed by atoms with Crippen molar-refractivity contribution < 1.29 is 32.2 Å². The first kappa shape index (κ1) is 22.9. The predicted molar refractivity (Wildman–Crippen MR) is 126 cm³/mol. The third-order valence-corrected chi connectivity index (χ3v) is 5.60. The van der Waals surface area contributed by atoms with E-state index in [0.717, 1.165) is 11.0 Å². The van der Waals surface area contributed by atoms with Crippen LogP contribution >= 0.6 is 0 Å². The van der Waals surface area contributed by atoms with Gasteiger partial charge in [-0.2, -0.15) is 0 Å². The van der Waals surface area contributed by atoms with E-state index < -0.39 is 28.5 Å². The van der Waals surface area contributed by atoms with Crippen LogP contribution in [-0.2, 0) is 19.6 Å². The lowest BCUT2D eigenvalue weighted by atomic mass is 10.2. The monoisotopic (exact) mass is 480 g/mol. The fourth-order valence-electron chi connectivity index (χ4n) is 3.03. The number of hydrogen-bond donors (Lipinski definition) is 2. The molecular weight excluding hydrogens is 460 g/mol. The molecule has 0 spiro atoms. The van der Waals surface area contributed by atoms with E-state index in [4.69, 9.17) is 14.2 Å². The van der Waals surface area contributed by atoms with Crippen LogP contribution in [0.4, 0.5) is 11.4 Å². The number of nitrogens with one attached hydrogen (secondary N) is 2. The van der Waals surface area contributed by atoms with Crippen LogP contribution in [0.1, 0.15) is 15.9 Å². The number of hydrogen-bond acceptors (Lipinski definition) is 7. The summed E-state index contributed by atoms with van der Waals surface area (Å²) in [6.45, 7) is -0.411. The lowest BCUT2D eigenvalue weighted by Crippen LogP contribution is -2.21. The van der Waals surface area contributed by atoms with Gasteiger partial charge in [0.05, 0.1) is 11.0 Å². The average Bonchev–Trinajstić information content (AvgIpc) is 3.30. The zero-order valence-corrected chi connectivity index (χ0v) is 18.6. The van der Waals surface area contributed by atoms with Crippen molar-refractivity contribution in [3.05, 3.63) is 89.3 Å². The first-order valence-corrected chi connectivity index (χ1v) is 11.7. The Morgan fingerprint density at radius 1 is 0.912 bits per heavy atom. The SMILES string of the molecule is O=C(COC(=O)c1cccc(NS(=O)(=O)C=Cc2ccccc2)c1)Nc1ccc2c(c1)OCO2. The Labute approximate surface area is 196 Å². The van der Waals surface area contributed by atoms with Crippen LogP contribution in [0, 0.1) is 0 Å². The molecule has 2 N–H and O–H groups in total. The number of fused-ring (bicyclic) bond motifs is 1. The highest BCUT2D eigenvalue weighted by molar-refractivity contribution is 7.95. The number of sulfonamides is 1. The molecule has 0 saturated heterocycles. The zero-order valence-electron chi connectivity index (χ0n) is 17.8. The van der Waals surface area contributed by atoms with Gasteiger partial charge in [0.25, 0.3) is 15.9 Å². The molecule has 1 aliphatic rings. The highest BCUT2D eigenvalue weighted by atomic mass is 32.2. The maximum atomic E-state index is 12.4. The van der Waals surface area contributed by atoms with Gasteiger partial charge in [0.1, 0.15) is 0 Å². The summed E-state index contributed by atoms with van der Waals surface area (Å²) in [6, 6.07) is 19.6. The molecule has 10 heteroatoms. The highest BCUT2D eigenvalue weighted by Crippen LogP contribution is 2.34. The van der Waals surface area contributed by atoms with Crippen LogP contribution in [-0.4, -0.2) is 33.7 Å². The molecule has 3 aromatic rings. The Bertz CT molecular complexity index is 1340. The number of carbonyl (C=O) groups excluding carboxylic acids is 2. The fourth-order valence-corrected chi connectivity index (χ4v) is 3.89. The molecule has 1 amide bonds. The standard InChI is InChI=1S/C24H20N2O7S/c27-23(25-19-9-10-21-22(14-19)33-16-32-21)15-31-24(28)18-7-4-8-20(13-18)26-34(29,30)12-11-17-5-2-1-3-6-17/h1-14,26H,15-16H2,(H,25,27). The van der Waals surface area contributed by atoms with Gasteiger partial charge < -0.3 is 19.5 Å². The van der Waals surface area contributed by atoms with E-state index in [9.17, 15) is 18.0 Å². The van der Waals surface area contributed by atoms with Crippen LogP contribution in [0.5, 0.6) is 11.5 Å². The summed E-state index contributed by atoms with van der Waals surface area (Å²) in [5.41, 5.74) is 1.45. The van der Waals surface area contributed by atoms with E-state index in [1.165, 1.54) is 30.3 Å². The van der Waals surface area contributed by atoms with Gasteiger partial charge in [-0.1, -0.05) is 36.4 Å². The second-order valence-corrected chi connectivity index (χ2v) is 8.70. The average molecular weight is 480 g/mol. The second-order valence-electron chi connectivity index (χ2n) is 7.13. The van der Waals surface area contributed by atoms with E-state index in [1.54, 1.807) is 42.5 Å². The van der Waals surface area contributed by atoms with E-state index in [1.807, 2.05) is 6.07 Å². The number of carbonyl (C=O) groups is 2. The third kappa shape index (κ3) is 6.14. The number of ether oxygens (including phenoxy) is 3. The molecule has 0 atom stereocenters. The maximum Gasteiger partial charge on any atom is 0.338 e. The van der Waals surface area contributed by atoms with Crippen LogP contribution < -0.4 is 19.5 Å². The Balaban J connectivity index is 1.32. The van der Waals surface area contributed by atoms with Crippen LogP contribution in [0.2, 0.25) is 0 Å². The van der Waals surface area contributed by atoms with Gasteiger partial charge >= 0.3 is 5.97 Å². The molecule has 0 radical (unpaired) electrons. The molecular formula is C24H20N2O7S. The largest absolute Gasteiger partial charge is 0.454 e. The lowest BCUT2D eigenvalue weighted by Gasteiger charge is -2.09. The van der Waals surface area contributed by atoms with Gasteiger partial charge in [0, 0.05) is 17.4 Å². The van der Waals surface area contributed by atoms with Crippen LogP contribution in [0.15, 0.2) is 78.2 Å². The van der Waals surface area contributed by atoms with Crippen molar-refractivity contribution in [1.82, 2.24) is 0 Å². The van der Waals surface area contributed by atoms with Gasteiger partial charge in [0.2, 0.25) is 6.79 Å². The molecule has 34 heavy (non-hydrogen) atoms. The minimum atomic E-state index is -3.81. The molecule has 0 unspecified atom stereocenters. The third-order valence-electron chi connectivity index (χ3n) is 4.59. The van der Waals surface area contributed by atoms with Gasteiger partial charge in [-0.25, -0.2) is 13.2 Å². The van der Waals surface area contributed by atoms with Gasteiger partial charge in [-0.15, -0.1) is 0 Å². The van der Waals surface area contributed by atoms with Crippen molar-refractivity contribution in [2.75, 3.05) is 23.4 Å². The Hall–Kier alpha value is -4.31. The number of benzene rings is 3. The van der Waals surface area contributed by atoms with Gasteiger partial charge in [0.15, 0.2) is 18.1 Å². The molecule has 0 fully saturated rings. The molecule has 1 heterocycles. The van der Waals surface area contributed by atoms with E-state index in [2.05, 4.69) is 10.0 Å². The highest BCUT2D eigenvalue weighted by Gasteiger charge is 2.16. The summed E-state index contributed by atoms with van der Waals surface area (Å²) < 4.78 is 42.5. The van der Waals surface area contributed by atoms with Crippen LogP contribution in [0.3, 0.4) is 0 Å². The van der Waals surface area contributed by atoms with E-state index in [0.29, 0.717) is 17.2 Å². The summed E-state index contributed by atoms with van der Waals surface area (Å²) in [6.07, 6.45) is 1.46. The molecule has 0 bridgehead atoms. The topological polar surface area (TPSA) is 120 Å². The number of rotatable bonds is 8. The summed E-state index contributed by atoms with van der Waals surface area (Å²) in [7, 11) is -3.81. The molecule has 0 saturated carbocycles. The summed E-state index contributed by atoms with van der Waals surface area (Å²) in [5.74, 6) is -0.236. The predicted octanol–water partition coefficient (Wildman–Crippen LogP) is 3.62. The molecule has 4 rings (SSSR count). The molecule has 1 aliphatic heterocycles. The zero-order chi connectivity index (χ0) is 24.0. The fraction of sp³-hybridized carbons (Fsp3) is 0.0833. The Morgan fingerprint density at radius 2 is 1.71 bits per heavy atom.